The summed E-state index contributed by atoms with van der Waals surface area (Å²) in [6.07, 6.45) is 3.60. The normalized spacial score (nSPS) is 36.8. The van der Waals surface area contributed by atoms with Crippen LogP contribution < -0.4 is 0 Å². The van der Waals surface area contributed by atoms with Gasteiger partial charge in [-0.25, -0.2) is 6.42 Å². The van der Waals surface area contributed by atoms with E-state index in [1.54, 1.807) is 0 Å². The van der Waals surface area contributed by atoms with Gasteiger partial charge in [0.2, 0.25) is 0 Å². The van der Waals surface area contributed by atoms with E-state index in [-0.39, 0.29) is 38.8 Å². The van der Waals surface area contributed by atoms with Gasteiger partial charge >= 0.3 is 0 Å². The molecule has 1 saturated carbocycles. The van der Waals surface area contributed by atoms with Crippen molar-refractivity contribution in [3.8, 4) is 0 Å². The minimum Gasteiger partial charge on any atom is -0.425 e. The Balaban J connectivity index is 0.000000490. The molecule has 0 bridgehead atoms. The topological polar surface area (TPSA) is 20.2 Å². The maximum absolute atomic E-state index is 8.80. The largest absolute Gasteiger partial charge is 0.425 e. The van der Waals surface area contributed by atoms with Crippen LogP contribution in [0.3, 0.4) is 0 Å². The molecule has 0 aromatic rings. The monoisotopic (exact) mass is 187 g/mol. The number of aliphatic hydroxyl groups excluding tert-OH is 1. The van der Waals surface area contributed by atoms with Gasteiger partial charge in [0, 0.05) is 32.7 Å². The summed E-state index contributed by atoms with van der Waals surface area (Å²) < 4.78 is 0. The van der Waals surface area contributed by atoms with E-state index < -0.39 is 0 Å². The molecular formula is C6H10OY-2. The van der Waals surface area contributed by atoms with Gasteiger partial charge < -0.3 is 18.5 Å². The van der Waals surface area contributed by atoms with Gasteiger partial charge in [0.15, 0.2) is 0 Å². The van der Waals surface area contributed by atoms with Crippen molar-refractivity contribution in [1.29, 1.82) is 0 Å². The molecule has 0 spiro atoms. The Labute approximate surface area is 75.7 Å². The van der Waals surface area contributed by atoms with Crippen LogP contribution in [0.2, 0.25) is 0 Å². The van der Waals surface area contributed by atoms with E-state index in [4.69, 9.17) is 5.11 Å². The Bertz CT molecular complexity index is 57.5. The minimum absolute atomic E-state index is 0. The van der Waals surface area contributed by atoms with Crippen molar-refractivity contribution in [1.82, 2.24) is 0 Å². The second-order valence-electron chi connectivity index (χ2n) is 2.14. The Morgan fingerprint density at radius 3 is 2.38 bits per heavy atom. The Morgan fingerprint density at radius 2 is 2.25 bits per heavy atom. The van der Waals surface area contributed by atoms with Crippen molar-refractivity contribution < 1.29 is 37.8 Å². The number of aliphatic hydroxyl groups is 1. The molecule has 1 unspecified atom stereocenters. The molecule has 45 valence electrons. The molecule has 0 aromatic heterocycles. The first kappa shape index (κ1) is 9.06. The van der Waals surface area contributed by atoms with Gasteiger partial charge in [-0.15, -0.1) is 0 Å². The molecule has 2 atom stereocenters. The summed E-state index contributed by atoms with van der Waals surface area (Å²) in [5.74, 6) is 0.468. The Hall–Kier alpha value is 1.06. The van der Waals surface area contributed by atoms with Crippen molar-refractivity contribution >= 4 is 0 Å². The van der Waals surface area contributed by atoms with Crippen LogP contribution in [-0.2, 0) is 32.7 Å². The number of rotatable bonds is 0. The molecule has 1 fully saturated rings. The van der Waals surface area contributed by atoms with Crippen molar-refractivity contribution in [3.05, 3.63) is 13.3 Å². The first-order valence-electron chi connectivity index (χ1n) is 2.63. The average molecular weight is 187 g/mol. The van der Waals surface area contributed by atoms with Crippen LogP contribution >= 0.6 is 0 Å². The first-order chi connectivity index (χ1) is 3.29. The third-order valence-corrected chi connectivity index (χ3v) is 1.32. The maximum Gasteiger partial charge on any atom is 0 e. The zero-order chi connectivity index (χ0) is 5.28. The van der Waals surface area contributed by atoms with Crippen LogP contribution in [0.25, 0.3) is 0 Å². The van der Waals surface area contributed by atoms with Gasteiger partial charge in [0.05, 0.1) is 0 Å². The third-order valence-electron chi connectivity index (χ3n) is 1.32. The quantitative estimate of drug-likeness (QED) is 0.556. The second-order valence-corrected chi connectivity index (χ2v) is 2.14. The van der Waals surface area contributed by atoms with E-state index in [2.05, 4.69) is 6.92 Å². The summed E-state index contributed by atoms with van der Waals surface area (Å²) >= 11 is 0. The Morgan fingerprint density at radius 1 is 1.62 bits per heavy atom. The van der Waals surface area contributed by atoms with Crippen molar-refractivity contribution in [2.24, 2.45) is 5.92 Å². The van der Waals surface area contributed by atoms with Crippen LogP contribution in [0.15, 0.2) is 0 Å². The standard InChI is InChI=1S/C6H10O.Y/c1-5-2-3-6(7)4-5;/h3,5-7H,1-2,4H2;/q-2;/t5?,6-;/m1./s1. The fourth-order valence-electron chi connectivity index (χ4n) is 0.884. The minimum atomic E-state index is -0.164. The molecule has 8 heavy (non-hydrogen) atoms. The molecule has 0 heterocycles. The van der Waals surface area contributed by atoms with Crippen LogP contribution in [0, 0.1) is 19.3 Å². The molecule has 1 aliphatic carbocycles. The molecule has 0 aromatic carbocycles. The Kier molecular flexibility index (Phi) is 4.50. The average Bonchev–Trinajstić information content (AvgIpc) is 1.87. The van der Waals surface area contributed by atoms with Crippen LogP contribution in [0.4, 0.5) is 0 Å². The predicted octanol–water partition coefficient (Wildman–Crippen LogP) is 0.793. The van der Waals surface area contributed by atoms with Gasteiger partial charge in [-0.05, 0) is 0 Å². The molecular weight excluding hydrogens is 177 g/mol. The van der Waals surface area contributed by atoms with E-state index >= 15 is 0 Å². The maximum atomic E-state index is 8.80. The molecule has 0 amide bonds. The van der Waals surface area contributed by atoms with Gasteiger partial charge in [0.25, 0.3) is 0 Å². The summed E-state index contributed by atoms with van der Waals surface area (Å²) in [5, 5.41) is 8.80. The molecule has 1 nitrogen and oxygen atoms in total. The van der Waals surface area contributed by atoms with E-state index in [1.807, 2.05) is 6.42 Å². The second kappa shape index (κ2) is 3.97. The van der Waals surface area contributed by atoms with Crippen LogP contribution in [-0.4, -0.2) is 11.2 Å². The molecule has 0 aliphatic heterocycles. The van der Waals surface area contributed by atoms with E-state index in [0.717, 1.165) is 12.8 Å². The van der Waals surface area contributed by atoms with E-state index in [9.17, 15) is 0 Å². The fraction of sp³-hybridized carbons (Fsp3) is 0.667. The molecule has 1 aliphatic rings. The predicted molar refractivity (Wildman–Crippen MR) is 28.4 cm³/mol. The molecule has 1 rings (SSSR count). The van der Waals surface area contributed by atoms with Crippen LogP contribution in [0.1, 0.15) is 12.8 Å². The van der Waals surface area contributed by atoms with E-state index in [1.165, 1.54) is 0 Å². The van der Waals surface area contributed by atoms with Crippen molar-refractivity contribution in [2.75, 3.05) is 0 Å². The van der Waals surface area contributed by atoms with Crippen LogP contribution in [0.5, 0.6) is 0 Å². The van der Waals surface area contributed by atoms with Gasteiger partial charge in [-0.3, -0.25) is 0 Å². The van der Waals surface area contributed by atoms with Gasteiger partial charge in [0.1, 0.15) is 0 Å². The molecule has 2 heteroatoms. The summed E-state index contributed by atoms with van der Waals surface area (Å²) in [5.41, 5.74) is 0. The molecule has 1 radical (unpaired) electrons. The van der Waals surface area contributed by atoms with Crippen molar-refractivity contribution in [2.45, 2.75) is 18.9 Å². The van der Waals surface area contributed by atoms with Gasteiger partial charge in [-0.1, -0.05) is 12.5 Å². The fourth-order valence-corrected chi connectivity index (χ4v) is 0.884. The SMILES string of the molecule is [CH2-]C1C[CH-][C@@H](O)C1.[Y]. The summed E-state index contributed by atoms with van der Waals surface area (Å²) in [6, 6.07) is 0. The summed E-state index contributed by atoms with van der Waals surface area (Å²) in [4.78, 5) is 0. The van der Waals surface area contributed by atoms with Crippen molar-refractivity contribution in [3.63, 3.8) is 0 Å². The number of hydrogen-bond acceptors (Lipinski definition) is 1. The first-order valence-corrected chi connectivity index (χ1v) is 2.63. The smallest absolute Gasteiger partial charge is 0 e. The summed E-state index contributed by atoms with van der Waals surface area (Å²) in [7, 11) is 0. The third kappa shape index (κ3) is 2.56. The zero-order valence-corrected chi connectivity index (χ0v) is 7.72. The summed E-state index contributed by atoms with van der Waals surface area (Å²) in [6.45, 7) is 3.80. The van der Waals surface area contributed by atoms with E-state index in [0.29, 0.717) is 5.92 Å². The number of hydrogen-bond donors (Lipinski definition) is 1. The zero-order valence-electron chi connectivity index (χ0n) is 4.88. The van der Waals surface area contributed by atoms with Gasteiger partial charge in [-0.2, -0.15) is 5.92 Å². The molecule has 1 N–H and O–H groups in total. The molecule has 0 saturated heterocycles.